The molecule has 0 heterocycles. The van der Waals surface area contributed by atoms with Crippen molar-refractivity contribution in [3.05, 3.63) is 143 Å². The van der Waals surface area contributed by atoms with Gasteiger partial charge in [-0.2, -0.15) is 0 Å². The first kappa shape index (κ1) is 30.4. The van der Waals surface area contributed by atoms with Crippen LogP contribution in [0.4, 0.5) is 0 Å². The van der Waals surface area contributed by atoms with Crippen LogP contribution in [0.15, 0.2) is 109 Å². The van der Waals surface area contributed by atoms with Crippen molar-refractivity contribution in [2.45, 2.75) is 12.8 Å². The molecule has 0 radical (unpaired) electrons. The van der Waals surface area contributed by atoms with Crippen LogP contribution in [0.25, 0.3) is 43.1 Å². The first-order chi connectivity index (χ1) is 23.3. The predicted molar refractivity (Wildman–Crippen MR) is 187 cm³/mol. The first-order valence-electron chi connectivity index (χ1n) is 15.6. The summed E-state index contributed by atoms with van der Waals surface area (Å²) in [4.78, 5) is 52.2. The normalized spacial score (nSPS) is 11.3. The molecule has 8 heteroatoms. The third-order valence-electron chi connectivity index (χ3n) is 8.94. The quantitative estimate of drug-likeness (QED) is 0.0939. The number of benzene rings is 7. The average molecular weight is 635 g/mol. The Kier molecular flexibility index (Phi) is 7.90. The van der Waals surface area contributed by atoms with E-state index in [1.165, 1.54) is 12.1 Å². The van der Waals surface area contributed by atoms with Crippen LogP contribution in [0.2, 0.25) is 0 Å². The Bertz CT molecular complexity index is 2200. The van der Waals surface area contributed by atoms with Gasteiger partial charge in [0.1, 0.15) is 0 Å². The van der Waals surface area contributed by atoms with Gasteiger partial charge < -0.3 is 20.8 Å². The summed E-state index contributed by atoms with van der Waals surface area (Å²) >= 11 is 0. The number of rotatable bonds is 10. The van der Waals surface area contributed by atoms with E-state index in [1.807, 2.05) is 60.7 Å². The summed E-state index contributed by atoms with van der Waals surface area (Å²) in [6.07, 6.45) is 1.23. The molecule has 0 aliphatic carbocycles. The monoisotopic (exact) mass is 634 g/mol. The van der Waals surface area contributed by atoms with E-state index in [9.17, 15) is 29.4 Å². The first-order valence-corrected chi connectivity index (χ1v) is 15.6. The zero-order chi connectivity index (χ0) is 33.4. The topological polar surface area (TPSA) is 133 Å². The third kappa shape index (κ3) is 5.33. The Balaban J connectivity index is 1.37. The average Bonchev–Trinajstić information content (AvgIpc) is 3.10. The van der Waals surface area contributed by atoms with Gasteiger partial charge in [0.15, 0.2) is 0 Å². The van der Waals surface area contributed by atoms with E-state index in [1.54, 1.807) is 36.4 Å². The van der Waals surface area contributed by atoms with E-state index in [0.29, 0.717) is 69.0 Å². The minimum atomic E-state index is -1.17. The van der Waals surface area contributed by atoms with E-state index in [2.05, 4.69) is 10.6 Å². The number of fused-ring (bicyclic) bond motifs is 2. The Morgan fingerprint density at radius 2 is 0.750 bits per heavy atom. The van der Waals surface area contributed by atoms with Gasteiger partial charge in [-0.1, -0.05) is 84.9 Å². The lowest BCUT2D eigenvalue weighted by atomic mass is 9.84. The Labute approximate surface area is 275 Å². The van der Waals surface area contributed by atoms with Crippen molar-refractivity contribution in [3.63, 3.8) is 0 Å². The molecule has 4 N–H and O–H groups in total. The molecule has 0 aliphatic heterocycles. The zero-order valence-corrected chi connectivity index (χ0v) is 25.7. The van der Waals surface area contributed by atoms with Crippen molar-refractivity contribution in [2.75, 3.05) is 13.1 Å². The molecule has 0 aliphatic rings. The van der Waals surface area contributed by atoms with Crippen LogP contribution in [0.5, 0.6) is 0 Å². The maximum absolute atomic E-state index is 13.6. The molecule has 2 amide bonds. The van der Waals surface area contributed by atoms with Crippen molar-refractivity contribution in [3.8, 4) is 0 Å². The van der Waals surface area contributed by atoms with Crippen molar-refractivity contribution in [1.29, 1.82) is 0 Å². The summed E-state index contributed by atoms with van der Waals surface area (Å²) < 4.78 is 0. The van der Waals surface area contributed by atoms with Crippen LogP contribution in [-0.2, 0) is 12.8 Å². The molecular formula is C40H30N2O6. The lowest BCUT2D eigenvalue weighted by molar-refractivity contribution is 0.0688. The fraction of sp³-hybridized carbons (Fsp3) is 0.100. The molecule has 7 aromatic rings. The third-order valence-corrected chi connectivity index (χ3v) is 8.94. The maximum Gasteiger partial charge on any atom is 0.336 e. The van der Waals surface area contributed by atoms with E-state index in [0.717, 1.165) is 11.1 Å². The fourth-order valence-electron chi connectivity index (χ4n) is 6.74. The molecule has 236 valence electrons. The molecule has 0 aromatic heterocycles. The van der Waals surface area contributed by atoms with Gasteiger partial charge in [-0.3, -0.25) is 9.59 Å². The smallest absolute Gasteiger partial charge is 0.336 e. The van der Waals surface area contributed by atoms with E-state index in [4.69, 9.17) is 0 Å². The van der Waals surface area contributed by atoms with Crippen LogP contribution >= 0.6 is 0 Å². The molecule has 0 saturated heterocycles. The number of carboxylic acids is 2. The predicted octanol–water partition coefficient (Wildman–Crippen LogP) is 7.08. The van der Waals surface area contributed by atoms with Crippen molar-refractivity contribution in [1.82, 2.24) is 10.6 Å². The molecule has 0 unspecified atom stereocenters. The summed E-state index contributed by atoms with van der Waals surface area (Å²) in [6.45, 7) is 0.731. The molecule has 0 spiro atoms. The van der Waals surface area contributed by atoms with Gasteiger partial charge in [0.05, 0.1) is 11.1 Å². The summed E-state index contributed by atoms with van der Waals surface area (Å²) in [5, 5.41) is 30.7. The van der Waals surface area contributed by atoms with Gasteiger partial charge >= 0.3 is 11.9 Å². The highest BCUT2D eigenvalue weighted by Gasteiger charge is 2.25. The molecule has 0 saturated carbocycles. The zero-order valence-electron chi connectivity index (χ0n) is 25.7. The van der Waals surface area contributed by atoms with Crippen LogP contribution in [0, 0.1) is 0 Å². The minimum Gasteiger partial charge on any atom is -0.478 e. The van der Waals surface area contributed by atoms with E-state index < -0.39 is 23.8 Å². The highest BCUT2D eigenvalue weighted by Crippen LogP contribution is 2.44. The minimum absolute atomic E-state index is 0.0138. The van der Waals surface area contributed by atoms with Crippen molar-refractivity contribution < 1.29 is 29.4 Å². The maximum atomic E-state index is 13.6. The number of nitrogens with one attached hydrogen (secondary N) is 2. The van der Waals surface area contributed by atoms with Crippen LogP contribution in [0.3, 0.4) is 0 Å². The van der Waals surface area contributed by atoms with Gasteiger partial charge in [0, 0.05) is 35.0 Å². The highest BCUT2D eigenvalue weighted by atomic mass is 16.4. The molecular weight excluding hydrogens is 604 g/mol. The number of hydrogen-bond acceptors (Lipinski definition) is 4. The Morgan fingerprint density at radius 1 is 0.417 bits per heavy atom. The van der Waals surface area contributed by atoms with Crippen molar-refractivity contribution >= 4 is 66.8 Å². The molecule has 7 aromatic carbocycles. The number of carbonyl (C=O) groups excluding carboxylic acids is 2. The van der Waals surface area contributed by atoms with E-state index in [-0.39, 0.29) is 22.3 Å². The van der Waals surface area contributed by atoms with Gasteiger partial charge in [0.2, 0.25) is 0 Å². The second kappa shape index (κ2) is 12.5. The lowest BCUT2D eigenvalue weighted by Gasteiger charge is -2.20. The number of carboxylic acid groups (broad SMARTS) is 2. The summed E-state index contributed by atoms with van der Waals surface area (Å²) in [5.74, 6) is -3.12. The standard InChI is InChI=1S/C40H30N2O6/c43-37(41-21-19-23-7-3-1-4-8-23)29-15-11-25-28-14-18-32(40(47)48)36-30(38(44)42-22-20-24-9-5-2-6-10-24)16-12-26(34(28)36)27-13-17-31(39(45)46)35(29)33(25)27/h1-18H,19-22H2,(H,41,43)(H,42,44)(H,45,46)(H,47,48). The second-order valence-electron chi connectivity index (χ2n) is 11.7. The van der Waals surface area contributed by atoms with Gasteiger partial charge in [-0.25, -0.2) is 9.59 Å². The molecule has 7 rings (SSSR count). The molecule has 0 fully saturated rings. The van der Waals surface area contributed by atoms with Crippen LogP contribution in [0.1, 0.15) is 52.6 Å². The SMILES string of the molecule is O=C(O)c1ccc2c3ccc(C(=O)NCCc4ccccc4)c4c(C(=O)O)ccc(c5ccc(C(=O)NCCc6ccccc6)c1c25)c43. The van der Waals surface area contributed by atoms with Gasteiger partial charge in [-0.15, -0.1) is 0 Å². The molecule has 48 heavy (non-hydrogen) atoms. The second-order valence-corrected chi connectivity index (χ2v) is 11.7. The van der Waals surface area contributed by atoms with Gasteiger partial charge in [0.25, 0.3) is 11.8 Å². The summed E-state index contributed by atoms with van der Waals surface area (Å²) in [7, 11) is 0. The van der Waals surface area contributed by atoms with E-state index >= 15 is 0 Å². The number of carbonyl (C=O) groups is 4. The summed E-state index contributed by atoms with van der Waals surface area (Å²) in [5.41, 5.74) is 2.57. The van der Waals surface area contributed by atoms with Gasteiger partial charge in [-0.05, 0) is 80.6 Å². The van der Waals surface area contributed by atoms with Crippen LogP contribution < -0.4 is 10.6 Å². The molecule has 8 nitrogen and oxygen atoms in total. The fourth-order valence-corrected chi connectivity index (χ4v) is 6.74. The number of hydrogen-bond donors (Lipinski definition) is 4. The van der Waals surface area contributed by atoms with Crippen molar-refractivity contribution in [2.24, 2.45) is 0 Å². The van der Waals surface area contributed by atoms with Crippen LogP contribution in [-0.4, -0.2) is 47.1 Å². The molecule has 0 atom stereocenters. The number of amides is 2. The largest absolute Gasteiger partial charge is 0.478 e. The highest BCUT2D eigenvalue weighted by molar-refractivity contribution is 6.38. The Hall–Kier alpha value is -6.28. The summed E-state index contributed by atoms with van der Waals surface area (Å²) in [6, 6.07) is 32.6. The molecule has 0 bridgehead atoms. The lowest BCUT2D eigenvalue weighted by Crippen LogP contribution is -2.26. The number of aromatic carboxylic acids is 2. The Morgan fingerprint density at radius 3 is 1.08 bits per heavy atom.